The first kappa shape index (κ1) is 8.43. The van der Waals surface area contributed by atoms with Crippen molar-refractivity contribution in [1.29, 1.82) is 0 Å². The summed E-state index contributed by atoms with van der Waals surface area (Å²) in [5, 5.41) is 11.5. The van der Waals surface area contributed by atoms with Crippen molar-refractivity contribution in [3.05, 3.63) is 0 Å². The highest BCUT2D eigenvalue weighted by Gasteiger charge is 1.93. The zero-order valence-corrected chi connectivity index (χ0v) is 5.43. The van der Waals surface area contributed by atoms with Gasteiger partial charge >= 0.3 is 6.47 Å². The van der Waals surface area contributed by atoms with E-state index < -0.39 is 6.47 Å². The quantitative estimate of drug-likeness (QED) is 0.480. The van der Waals surface area contributed by atoms with Crippen LogP contribution in [0.5, 0.6) is 0 Å². The maximum absolute atomic E-state index is 8.25. The number of rotatable bonds is 0. The maximum Gasteiger partial charge on any atom is 0.344 e. The zero-order chi connectivity index (χ0) is 6.95. The van der Waals surface area contributed by atoms with Crippen LogP contribution in [0.15, 0.2) is 0 Å². The summed E-state index contributed by atoms with van der Waals surface area (Å²) in [6.07, 6.45) is 4.22. The summed E-state index contributed by atoms with van der Waals surface area (Å²) < 4.78 is 0. The van der Waals surface area contributed by atoms with Crippen LogP contribution in [0.1, 0.15) is 19.3 Å². The van der Waals surface area contributed by atoms with Gasteiger partial charge in [-0.15, -0.1) is 0 Å². The largest absolute Gasteiger partial charge is 0.344 e. The van der Waals surface area contributed by atoms with E-state index in [1.807, 2.05) is 0 Å². The van der Waals surface area contributed by atoms with Gasteiger partial charge in [0.05, 0.1) is 0 Å². The van der Waals surface area contributed by atoms with Crippen molar-refractivity contribution in [2.24, 2.45) is 0 Å². The number of carbonyl (C=O) groups excluding carboxylic acids is 1. The molecule has 53 valence electrons. The van der Waals surface area contributed by atoms with Gasteiger partial charge in [-0.1, -0.05) is 6.42 Å². The Morgan fingerprint density at radius 2 is 1.56 bits per heavy atom. The predicted molar refractivity (Wildman–Crippen MR) is 33.5 cm³/mol. The highest BCUT2D eigenvalue weighted by atomic mass is 16.3. The minimum Gasteiger partial charge on any atom is -0.317 e. The standard InChI is InChI=1S/C5H11N.CHO2/c1-2-4-6-5-3-1;2-1-3/h6H,1-5H2;1H. The second-order valence-electron chi connectivity index (χ2n) is 1.91. The lowest BCUT2D eigenvalue weighted by atomic mass is 10.2. The van der Waals surface area contributed by atoms with Crippen LogP contribution in [-0.2, 0) is 9.90 Å². The Balaban J connectivity index is 0.000000187. The van der Waals surface area contributed by atoms with E-state index in [1.54, 1.807) is 0 Å². The molecule has 1 N–H and O–H groups in total. The van der Waals surface area contributed by atoms with Crippen LogP contribution in [0, 0.1) is 0 Å². The fraction of sp³-hybridized carbons (Fsp3) is 0.833. The van der Waals surface area contributed by atoms with E-state index in [2.05, 4.69) is 5.32 Å². The number of nitrogens with one attached hydrogen (secondary N) is 1. The van der Waals surface area contributed by atoms with Gasteiger partial charge in [-0.3, -0.25) is 9.90 Å². The van der Waals surface area contributed by atoms with Crippen molar-refractivity contribution in [1.82, 2.24) is 5.32 Å². The summed E-state index contributed by atoms with van der Waals surface area (Å²) in [5.41, 5.74) is 0. The highest BCUT2D eigenvalue weighted by molar-refractivity contribution is 5.32. The molecule has 0 atom stereocenters. The van der Waals surface area contributed by atoms with E-state index in [1.165, 1.54) is 32.4 Å². The fourth-order valence-electron chi connectivity index (χ4n) is 0.802. The van der Waals surface area contributed by atoms with Crippen LogP contribution in [0.2, 0.25) is 0 Å². The van der Waals surface area contributed by atoms with Crippen molar-refractivity contribution >= 4 is 6.47 Å². The molecule has 1 aliphatic heterocycles. The van der Waals surface area contributed by atoms with E-state index in [-0.39, 0.29) is 0 Å². The summed E-state index contributed by atoms with van der Waals surface area (Å²) in [6.45, 7) is 2.00. The van der Waals surface area contributed by atoms with Gasteiger partial charge in [0.15, 0.2) is 0 Å². The number of hydrogen-bond donors (Lipinski definition) is 1. The topological polar surface area (TPSA) is 49.0 Å². The predicted octanol–water partition coefficient (Wildman–Crippen LogP) is 0.333. The Morgan fingerprint density at radius 1 is 1.11 bits per heavy atom. The Hall–Kier alpha value is -0.570. The number of carbonyl (C=O) groups is 1. The average Bonchev–Trinajstić information content (AvgIpc) is 1.93. The molecule has 0 aliphatic carbocycles. The first-order valence-corrected chi connectivity index (χ1v) is 3.18. The van der Waals surface area contributed by atoms with Crippen LogP contribution in [0.3, 0.4) is 0 Å². The molecule has 0 aromatic carbocycles. The third-order valence-electron chi connectivity index (χ3n) is 1.21. The summed E-state index contributed by atoms with van der Waals surface area (Å²) >= 11 is 0. The Bertz CT molecular complexity index is 50.6. The lowest BCUT2D eigenvalue weighted by Crippen LogP contribution is -2.21. The Kier molecular flexibility index (Phi) is 6.96. The monoisotopic (exact) mass is 130 g/mol. The Labute approximate surface area is 55.1 Å². The van der Waals surface area contributed by atoms with E-state index in [0.29, 0.717) is 0 Å². The van der Waals surface area contributed by atoms with Crippen LogP contribution in [0.25, 0.3) is 0 Å². The molecule has 1 radical (unpaired) electrons. The van der Waals surface area contributed by atoms with Crippen LogP contribution >= 0.6 is 0 Å². The molecule has 0 unspecified atom stereocenters. The molecule has 1 rings (SSSR count). The number of hydrogen-bond acceptors (Lipinski definition) is 2. The molecule has 0 spiro atoms. The molecule has 1 saturated heterocycles. The van der Waals surface area contributed by atoms with Gasteiger partial charge in [0, 0.05) is 0 Å². The fourth-order valence-corrected chi connectivity index (χ4v) is 0.802. The summed E-state index contributed by atoms with van der Waals surface area (Å²) in [7, 11) is 0. The maximum atomic E-state index is 8.25. The molecule has 3 nitrogen and oxygen atoms in total. The summed E-state index contributed by atoms with van der Waals surface area (Å²) in [5.74, 6) is 0. The molecule has 9 heavy (non-hydrogen) atoms. The third kappa shape index (κ3) is 7.43. The molecule has 0 amide bonds. The van der Waals surface area contributed by atoms with Crippen molar-refractivity contribution in [3.63, 3.8) is 0 Å². The van der Waals surface area contributed by atoms with E-state index in [4.69, 9.17) is 9.90 Å². The van der Waals surface area contributed by atoms with Gasteiger partial charge in [0.2, 0.25) is 0 Å². The molecular weight excluding hydrogens is 118 g/mol. The molecule has 0 saturated carbocycles. The Morgan fingerprint density at radius 3 is 1.67 bits per heavy atom. The highest BCUT2D eigenvalue weighted by Crippen LogP contribution is 1.96. The van der Waals surface area contributed by atoms with E-state index in [0.717, 1.165) is 0 Å². The van der Waals surface area contributed by atoms with Gasteiger partial charge < -0.3 is 5.32 Å². The second kappa shape index (κ2) is 7.43. The normalized spacial score (nSPS) is 17.3. The molecule has 0 aromatic heterocycles. The van der Waals surface area contributed by atoms with Gasteiger partial charge in [0.1, 0.15) is 0 Å². The van der Waals surface area contributed by atoms with Crippen LogP contribution < -0.4 is 5.32 Å². The van der Waals surface area contributed by atoms with Crippen molar-refractivity contribution < 1.29 is 9.90 Å². The van der Waals surface area contributed by atoms with Gasteiger partial charge in [-0.25, -0.2) is 0 Å². The van der Waals surface area contributed by atoms with Crippen molar-refractivity contribution in [3.8, 4) is 0 Å². The molecule has 0 aromatic rings. The lowest BCUT2D eigenvalue weighted by molar-refractivity contribution is -0.128. The number of piperidine rings is 1. The minimum absolute atomic E-state index is 0.500. The van der Waals surface area contributed by atoms with Crippen molar-refractivity contribution in [2.75, 3.05) is 13.1 Å². The van der Waals surface area contributed by atoms with Gasteiger partial charge in [0.25, 0.3) is 0 Å². The minimum atomic E-state index is -0.500. The van der Waals surface area contributed by atoms with Gasteiger partial charge in [-0.2, -0.15) is 0 Å². The van der Waals surface area contributed by atoms with E-state index >= 15 is 0 Å². The SMILES string of the molecule is C1CCNCC1.[O]C=O. The first-order valence-electron chi connectivity index (χ1n) is 3.18. The molecule has 3 heteroatoms. The van der Waals surface area contributed by atoms with Gasteiger partial charge in [-0.05, 0) is 25.9 Å². The molecule has 1 fully saturated rings. The first-order chi connectivity index (χ1) is 4.41. The molecule has 1 heterocycles. The van der Waals surface area contributed by atoms with E-state index in [9.17, 15) is 0 Å². The average molecular weight is 130 g/mol. The zero-order valence-electron chi connectivity index (χ0n) is 5.43. The van der Waals surface area contributed by atoms with Crippen LogP contribution in [0.4, 0.5) is 0 Å². The summed E-state index contributed by atoms with van der Waals surface area (Å²) in [6, 6.07) is 0. The van der Waals surface area contributed by atoms with Crippen LogP contribution in [-0.4, -0.2) is 19.6 Å². The molecular formula is C6H12NO2. The molecule has 1 aliphatic rings. The van der Waals surface area contributed by atoms with Crippen molar-refractivity contribution in [2.45, 2.75) is 19.3 Å². The molecule has 0 bridgehead atoms. The lowest BCUT2D eigenvalue weighted by Gasteiger charge is -2.08. The second-order valence-corrected chi connectivity index (χ2v) is 1.91. The smallest absolute Gasteiger partial charge is 0.317 e. The third-order valence-corrected chi connectivity index (χ3v) is 1.21. The summed E-state index contributed by atoms with van der Waals surface area (Å²) in [4.78, 5) is 8.25.